The van der Waals surface area contributed by atoms with Crippen LogP contribution >= 0.6 is 0 Å². The SMILES string of the molecule is CCC1CCCCC1NCc1cc(F)c(F)c(F)c1. The van der Waals surface area contributed by atoms with Gasteiger partial charge in [0.1, 0.15) is 0 Å². The molecule has 1 saturated carbocycles. The first-order valence-electron chi connectivity index (χ1n) is 6.98. The lowest BCUT2D eigenvalue weighted by atomic mass is 9.83. The molecule has 2 rings (SSSR count). The van der Waals surface area contributed by atoms with E-state index in [1.165, 1.54) is 19.3 Å². The van der Waals surface area contributed by atoms with Gasteiger partial charge in [-0.2, -0.15) is 0 Å². The number of nitrogens with one attached hydrogen (secondary N) is 1. The summed E-state index contributed by atoms with van der Waals surface area (Å²) in [6.45, 7) is 2.55. The highest BCUT2D eigenvalue weighted by atomic mass is 19.2. The van der Waals surface area contributed by atoms with Gasteiger partial charge in [-0.25, -0.2) is 13.2 Å². The van der Waals surface area contributed by atoms with Crippen LogP contribution in [0, 0.1) is 23.4 Å². The molecule has 0 aromatic heterocycles. The van der Waals surface area contributed by atoms with Gasteiger partial charge in [-0.15, -0.1) is 0 Å². The smallest absolute Gasteiger partial charge is 0.194 e. The molecule has 2 atom stereocenters. The molecule has 0 bridgehead atoms. The Balaban J connectivity index is 1.98. The van der Waals surface area contributed by atoms with Gasteiger partial charge in [0.15, 0.2) is 17.5 Å². The number of benzene rings is 1. The first kappa shape index (κ1) is 14.4. The molecule has 1 aromatic carbocycles. The van der Waals surface area contributed by atoms with Gasteiger partial charge < -0.3 is 5.32 Å². The summed E-state index contributed by atoms with van der Waals surface area (Å²) in [6.07, 6.45) is 5.88. The van der Waals surface area contributed by atoms with Gasteiger partial charge >= 0.3 is 0 Å². The van der Waals surface area contributed by atoms with E-state index in [9.17, 15) is 13.2 Å². The zero-order valence-corrected chi connectivity index (χ0v) is 11.2. The van der Waals surface area contributed by atoms with E-state index in [2.05, 4.69) is 12.2 Å². The molecule has 1 aliphatic rings. The minimum Gasteiger partial charge on any atom is -0.310 e. The topological polar surface area (TPSA) is 12.0 Å². The maximum absolute atomic E-state index is 13.1. The Kier molecular flexibility index (Phi) is 4.86. The van der Waals surface area contributed by atoms with Crippen LogP contribution < -0.4 is 5.32 Å². The minimum atomic E-state index is -1.40. The summed E-state index contributed by atoms with van der Waals surface area (Å²) in [4.78, 5) is 0. The highest BCUT2D eigenvalue weighted by Crippen LogP contribution is 2.27. The molecule has 2 unspecified atom stereocenters. The largest absolute Gasteiger partial charge is 0.310 e. The summed E-state index contributed by atoms with van der Waals surface area (Å²) in [7, 11) is 0. The molecule has 0 saturated heterocycles. The third-order valence-corrected chi connectivity index (χ3v) is 4.05. The fraction of sp³-hybridized carbons (Fsp3) is 0.600. The van der Waals surface area contributed by atoms with E-state index >= 15 is 0 Å². The average molecular weight is 271 g/mol. The Hall–Kier alpha value is -1.03. The molecule has 19 heavy (non-hydrogen) atoms. The third kappa shape index (κ3) is 3.50. The highest BCUT2D eigenvalue weighted by Gasteiger charge is 2.23. The number of halogens is 3. The lowest BCUT2D eigenvalue weighted by Gasteiger charge is -2.31. The second-order valence-corrected chi connectivity index (χ2v) is 5.31. The van der Waals surface area contributed by atoms with Crippen LogP contribution in [-0.2, 0) is 6.54 Å². The van der Waals surface area contributed by atoms with E-state index in [0.717, 1.165) is 25.0 Å². The maximum Gasteiger partial charge on any atom is 0.194 e. The molecular weight excluding hydrogens is 251 g/mol. The van der Waals surface area contributed by atoms with Gasteiger partial charge in [-0.05, 0) is 36.5 Å². The quantitative estimate of drug-likeness (QED) is 0.811. The van der Waals surface area contributed by atoms with Gasteiger partial charge in [-0.3, -0.25) is 0 Å². The first-order chi connectivity index (χ1) is 9.11. The van der Waals surface area contributed by atoms with Crippen LogP contribution in [0.5, 0.6) is 0 Å². The molecule has 1 N–H and O–H groups in total. The van der Waals surface area contributed by atoms with Gasteiger partial charge in [0.25, 0.3) is 0 Å². The average Bonchev–Trinajstić information content (AvgIpc) is 2.42. The van der Waals surface area contributed by atoms with E-state index in [-0.39, 0.29) is 0 Å². The lowest BCUT2D eigenvalue weighted by Crippen LogP contribution is -2.37. The van der Waals surface area contributed by atoms with Gasteiger partial charge in [0, 0.05) is 12.6 Å². The third-order valence-electron chi connectivity index (χ3n) is 4.05. The molecular formula is C15H20F3N. The van der Waals surface area contributed by atoms with Crippen molar-refractivity contribution < 1.29 is 13.2 Å². The van der Waals surface area contributed by atoms with E-state index in [1.807, 2.05) is 0 Å². The van der Waals surface area contributed by atoms with Crippen molar-refractivity contribution in [1.29, 1.82) is 0 Å². The molecule has 1 fully saturated rings. The molecule has 0 aliphatic heterocycles. The van der Waals surface area contributed by atoms with Crippen LogP contribution in [0.2, 0.25) is 0 Å². The molecule has 1 aromatic rings. The molecule has 0 amide bonds. The fourth-order valence-electron chi connectivity index (χ4n) is 2.92. The van der Waals surface area contributed by atoms with Crippen LogP contribution in [0.4, 0.5) is 13.2 Å². The highest BCUT2D eigenvalue weighted by molar-refractivity contribution is 5.19. The molecule has 106 valence electrons. The van der Waals surface area contributed by atoms with Crippen molar-refractivity contribution in [2.24, 2.45) is 5.92 Å². The first-order valence-corrected chi connectivity index (χ1v) is 6.98. The van der Waals surface area contributed by atoms with Crippen LogP contribution in [0.15, 0.2) is 12.1 Å². The Bertz CT molecular complexity index is 410. The summed E-state index contributed by atoms with van der Waals surface area (Å²) in [5.74, 6) is -3.00. The van der Waals surface area contributed by atoms with Crippen molar-refractivity contribution in [2.75, 3.05) is 0 Å². The predicted molar refractivity (Wildman–Crippen MR) is 69.2 cm³/mol. The molecule has 4 heteroatoms. The number of hydrogen-bond acceptors (Lipinski definition) is 1. The Morgan fingerprint density at radius 2 is 1.74 bits per heavy atom. The predicted octanol–water partition coefficient (Wildman–Crippen LogP) is 4.16. The van der Waals surface area contributed by atoms with E-state index in [4.69, 9.17) is 0 Å². The fourth-order valence-corrected chi connectivity index (χ4v) is 2.92. The maximum atomic E-state index is 13.1. The van der Waals surface area contributed by atoms with Crippen LogP contribution in [0.25, 0.3) is 0 Å². The summed E-state index contributed by atoms with van der Waals surface area (Å²) in [5.41, 5.74) is 0.455. The summed E-state index contributed by atoms with van der Waals surface area (Å²) in [6, 6.07) is 2.53. The molecule has 0 radical (unpaired) electrons. The number of rotatable bonds is 4. The second kappa shape index (κ2) is 6.42. The Labute approximate surface area is 112 Å². The monoisotopic (exact) mass is 271 g/mol. The lowest BCUT2D eigenvalue weighted by molar-refractivity contribution is 0.254. The van der Waals surface area contributed by atoms with Crippen LogP contribution in [0.3, 0.4) is 0 Å². The zero-order chi connectivity index (χ0) is 13.8. The zero-order valence-electron chi connectivity index (χ0n) is 11.2. The van der Waals surface area contributed by atoms with Crippen molar-refractivity contribution in [3.8, 4) is 0 Å². The molecule has 0 spiro atoms. The summed E-state index contributed by atoms with van der Waals surface area (Å²) in [5, 5.41) is 3.36. The van der Waals surface area contributed by atoms with Crippen molar-refractivity contribution in [3.63, 3.8) is 0 Å². The van der Waals surface area contributed by atoms with E-state index in [1.54, 1.807) is 0 Å². The minimum absolute atomic E-state index is 0.384. The van der Waals surface area contributed by atoms with Crippen molar-refractivity contribution >= 4 is 0 Å². The number of hydrogen-bond donors (Lipinski definition) is 1. The summed E-state index contributed by atoms with van der Waals surface area (Å²) >= 11 is 0. The molecule has 0 heterocycles. The standard InChI is InChI=1S/C15H20F3N/c1-2-11-5-3-4-6-14(11)19-9-10-7-12(16)15(18)13(17)8-10/h7-8,11,14,19H,2-6,9H2,1H3. The molecule has 1 nitrogen and oxygen atoms in total. The van der Waals surface area contributed by atoms with Crippen LogP contribution in [0.1, 0.15) is 44.6 Å². The van der Waals surface area contributed by atoms with Gasteiger partial charge in [0.05, 0.1) is 0 Å². The van der Waals surface area contributed by atoms with Crippen molar-refractivity contribution in [1.82, 2.24) is 5.32 Å². The summed E-state index contributed by atoms with van der Waals surface area (Å²) < 4.78 is 39.1. The van der Waals surface area contributed by atoms with Crippen molar-refractivity contribution in [2.45, 2.75) is 51.6 Å². The van der Waals surface area contributed by atoms with Crippen molar-refractivity contribution in [3.05, 3.63) is 35.1 Å². The Morgan fingerprint density at radius 1 is 1.11 bits per heavy atom. The molecule has 1 aliphatic carbocycles. The van der Waals surface area contributed by atoms with Crippen LogP contribution in [-0.4, -0.2) is 6.04 Å². The van der Waals surface area contributed by atoms with E-state index in [0.29, 0.717) is 24.1 Å². The van der Waals surface area contributed by atoms with Gasteiger partial charge in [-0.1, -0.05) is 26.2 Å². The second-order valence-electron chi connectivity index (χ2n) is 5.31. The Morgan fingerprint density at radius 3 is 2.37 bits per heavy atom. The van der Waals surface area contributed by atoms with Gasteiger partial charge in [0.2, 0.25) is 0 Å². The normalized spacial score (nSPS) is 23.6. The van der Waals surface area contributed by atoms with E-state index < -0.39 is 17.5 Å².